The molecule has 0 bridgehead atoms. The number of nitrogens with zero attached hydrogens (tertiary/aromatic N) is 2. The molecule has 0 aliphatic carbocycles. The second kappa shape index (κ2) is 5.97. The molecule has 0 N–H and O–H groups in total. The number of alkyl halides is 3. The monoisotopic (exact) mass is 356 g/mol. The van der Waals surface area contributed by atoms with E-state index in [1.807, 2.05) is 42.5 Å². The Hall–Kier alpha value is -2.73. The van der Waals surface area contributed by atoms with Gasteiger partial charge in [0.2, 0.25) is 0 Å². The zero-order valence-corrected chi connectivity index (χ0v) is 13.6. The van der Waals surface area contributed by atoms with Crippen LogP contribution in [0, 0.1) is 0 Å². The lowest BCUT2D eigenvalue weighted by atomic mass is 10.1. The van der Waals surface area contributed by atoms with Gasteiger partial charge in [0.1, 0.15) is 10.0 Å². The highest BCUT2D eigenvalue weighted by Crippen LogP contribution is 2.35. The number of rotatable bonds is 2. The van der Waals surface area contributed by atoms with Crippen LogP contribution in [0.5, 0.6) is 0 Å². The highest BCUT2D eigenvalue weighted by atomic mass is 32.1. The largest absolute Gasteiger partial charge is 0.416 e. The number of fused-ring (bicyclic) bond motifs is 1. The lowest BCUT2D eigenvalue weighted by Gasteiger charge is -2.06. The minimum Gasteiger partial charge on any atom is -0.166 e. The Bertz CT molecular complexity index is 1050. The summed E-state index contributed by atoms with van der Waals surface area (Å²) in [5.41, 5.74) is 0.626. The quantitative estimate of drug-likeness (QED) is 0.437. The predicted molar refractivity (Wildman–Crippen MR) is 93.3 cm³/mol. The fraction of sp³-hybridized carbons (Fsp3) is 0.0526. The summed E-state index contributed by atoms with van der Waals surface area (Å²) in [5.74, 6) is 0. The fourth-order valence-electron chi connectivity index (χ4n) is 2.61. The molecule has 0 saturated heterocycles. The highest BCUT2D eigenvalue weighted by molar-refractivity contribution is 7.17. The van der Waals surface area contributed by atoms with Crippen LogP contribution in [0.2, 0.25) is 0 Å². The molecule has 0 unspecified atom stereocenters. The average Bonchev–Trinajstić information content (AvgIpc) is 3.11. The molecule has 2 nitrogen and oxygen atoms in total. The summed E-state index contributed by atoms with van der Waals surface area (Å²) >= 11 is 1.28. The van der Waals surface area contributed by atoms with Gasteiger partial charge in [-0.15, -0.1) is 10.2 Å². The van der Waals surface area contributed by atoms with Gasteiger partial charge >= 0.3 is 6.18 Å². The van der Waals surface area contributed by atoms with Gasteiger partial charge in [-0.25, -0.2) is 0 Å². The van der Waals surface area contributed by atoms with Crippen LogP contribution in [-0.4, -0.2) is 10.2 Å². The highest BCUT2D eigenvalue weighted by Gasteiger charge is 2.30. The number of benzene rings is 3. The summed E-state index contributed by atoms with van der Waals surface area (Å²) in [7, 11) is 0. The summed E-state index contributed by atoms with van der Waals surface area (Å²) in [4.78, 5) is 0. The lowest BCUT2D eigenvalue weighted by molar-refractivity contribution is -0.137. The molecule has 0 radical (unpaired) electrons. The zero-order valence-electron chi connectivity index (χ0n) is 12.8. The minimum atomic E-state index is -4.37. The zero-order chi connectivity index (χ0) is 17.4. The topological polar surface area (TPSA) is 25.8 Å². The van der Waals surface area contributed by atoms with Crippen molar-refractivity contribution in [2.75, 3.05) is 0 Å². The number of aromatic nitrogens is 2. The molecule has 0 saturated carbocycles. The van der Waals surface area contributed by atoms with Gasteiger partial charge in [0, 0.05) is 11.1 Å². The molecule has 1 aromatic heterocycles. The third-order valence-electron chi connectivity index (χ3n) is 3.86. The first-order chi connectivity index (χ1) is 12.0. The van der Waals surface area contributed by atoms with Crippen LogP contribution in [0.3, 0.4) is 0 Å². The summed E-state index contributed by atoms with van der Waals surface area (Å²) < 4.78 is 38.6. The first-order valence-corrected chi connectivity index (χ1v) is 8.33. The molecule has 25 heavy (non-hydrogen) atoms. The molecule has 0 atom stereocenters. The van der Waals surface area contributed by atoms with Gasteiger partial charge in [-0.2, -0.15) is 13.2 Å². The van der Waals surface area contributed by atoms with Gasteiger partial charge in [0.25, 0.3) is 0 Å². The maximum absolute atomic E-state index is 12.9. The van der Waals surface area contributed by atoms with E-state index in [2.05, 4.69) is 10.2 Å². The van der Waals surface area contributed by atoms with Gasteiger partial charge in [-0.1, -0.05) is 59.9 Å². The molecule has 0 amide bonds. The van der Waals surface area contributed by atoms with Gasteiger partial charge in [-0.3, -0.25) is 0 Å². The predicted octanol–water partition coefficient (Wildman–Crippen LogP) is 6.04. The van der Waals surface area contributed by atoms with Crippen molar-refractivity contribution in [3.63, 3.8) is 0 Å². The third-order valence-corrected chi connectivity index (χ3v) is 4.88. The van der Waals surface area contributed by atoms with Crippen molar-refractivity contribution >= 4 is 22.1 Å². The Labute approximate surface area is 145 Å². The molecule has 6 heteroatoms. The van der Waals surface area contributed by atoms with Gasteiger partial charge in [-0.05, 0) is 29.0 Å². The first-order valence-electron chi connectivity index (χ1n) is 7.51. The minimum absolute atomic E-state index is 0.416. The molecule has 3 aromatic carbocycles. The third kappa shape index (κ3) is 3.13. The number of hydrogen-bond donors (Lipinski definition) is 0. The standard InChI is InChI=1S/C19H11F3N2S/c20-19(21,22)16-7-3-6-14(11-16)17-23-24-18(25-17)15-9-8-12-4-1-2-5-13(12)10-15/h1-11H. The van der Waals surface area contributed by atoms with E-state index in [4.69, 9.17) is 0 Å². The smallest absolute Gasteiger partial charge is 0.166 e. The molecule has 0 spiro atoms. The van der Waals surface area contributed by atoms with Crippen LogP contribution in [-0.2, 0) is 6.18 Å². The van der Waals surface area contributed by atoms with Crippen LogP contribution in [0.1, 0.15) is 5.56 Å². The van der Waals surface area contributed by atoms with Crippen molar-refractivity contribution in [2.24, 2.45) is 0 Å². The molecule has 124 valence electrons. The molecule has 0 aliphatic rings. The van der Waals surface area contributed by atoms with Crippen molar-refractivity contribution in [3.8, 4) is 21.1 Å². The first kappa shape index (κ1) is 15.8. The summed E-state index contributed by atoms with van der Waals surface area (Å²) in [6, 6.07) is 19.1. The summed E-state index contributed by atoms with van der Waals surface area (Å²) in [6.07, 6.45) is -4.37. The molecular formula is C19H11F3N2S. The molecule has 0 fully saturated rings. The van der Waals surface area contributed by atoms with Crippen molar-refractivity contribution in [2.45, 2.75) is 6.18 Å². The average molecular weight is 356 g/mol. The Balaban J connectivity index is 1.72. The van der Waals surface area contributed by atoms with E-state index >= 15 is 0 Å². The molecule has 4 rings (SSSR count). The van der Waals surface area contributed by atoms with Gasteiger partial charge in [0.15, 0.2) is 0 Å². The number of hydrogen-bond acceptors (Lipinski definition) is 3. The van der Waals surface area contributed by atoms with E-state index in [9.17, 15) is 13.2 Å². The fourth-order valence-corrected chi connectivity index (χ4v) is 3.44. The number of halogens is 3. The van der Waals surface area contributed by atoms with Crippen molar-refractivity contribution in [1.29, 1.82) is 0 Å². The Morgan fingerprint density at radius 2 is 1.36 bits per heavy atom. The Morgan fingerprint density at radius 3 is 2.08 bits per heavy atom. The van der Waals surface area contributed by atoms with Crippen LogP contribution >= 0.6 is 11.3 Å². The van der Waals surface area contributed by atoms with E-state index in [0.717, 1.165) is 28.5 Å². The van der Waals surface area contributed by atoms with Crippen LogP contribution < -0.4 is 0 Å². The normalized spacial score (nSPS) is 11.8. The van der Waals surface area contributed by atoms with E-state index < -0.39 is 11.7 Å². The van der Waals surface area contributed by atoms with Crippen LogP contribution in [0.4, 0.5) is 13.2 Å². The SMILES string of the molecule is FC(F)(F)c1cccc(-c2nnc(-c3ccc4ccccc4c3)s2)c1. The molecule has 0 aliphatic heterocycles. The van der Waals surface area contributed by atoms with Crippen molar-refractivity contribution in [3.05, 3.63) is 72.3 Å². The van der Waals surface area contributed by atoms with E-state index in [1.54, 1.807) is 6.07 Å². The van der Waals surface area contributed by atoms with Crippen molar-refractivity contribution in [1.82, 2.24) is 10.2 Å². The van der Waals surface area contributed by atoms with E-state index in [-0.39, 0.29) is 0 Å². The second-order valence-electron chi connectivity index (χ2n) is 5.55. The van der Waals surface area contributed by atoms with Crippen LogP contribution in [0.25, 0.3) is 31.9 Å². The maximum Gasteiger partial charge on any atom is 0.416 e. The Morgan fingerprint density at radius 1 is 0.680 bits per heavy atom. The molecule has 4 aromatic rings. The maximum atomic E-state index is 12.9. The second-order valence-corrected chi connectivity index (χ2v) is 6.53. The summed E-state index contributed by atoms with van der Waals surface area (Å²) in [5, 5.41) is 11.6. The molecule has 1 heterocycles. The van der Waals surface area contributed by atoms with Crippen molar-refractivity contribution < 1.29 is 13.2 Å². The van der Waals surface area contributed by atoms with E-state index in [0.29, 0.717) is 15.6 Å². The van der Waals surface area contributed by atoms with Gasteiger partial charge < -0.3 is 0 Å². The summed E-state index contributed by atoms with van der Waals surface area (Å²) in [6.45, 7) is 0. The molecular weight excluding hydrogens is 345 g/mol. The Kier molecular flexibility index (Phi) is 3.77. The van der Waals surface area contributed by atoms with Crippen LogP contribution in [0.15, 0.2) is 66.7 Å². The van der Waals surface area contributed by atoms with Gasteiger partial charge in [0.05, 0.1) is 5.56 Å². The lowest BCUT2D eigenvalue weighted by Crippen LogP contribution is -2.04. The van der Waals surface area contributed by atoms with E-state index in [1.165, 1.54) is 17.4 Å².